The summed E-state index contributed by atoms with van der Waals surface area (Å²) in [5.74, 6) is -0.111. The average Bonchev–Trinajstić information content (AvgIpc) is 2.75. The lowest BCUT2D eigenvalue weighted by Crippen LogP contribution is -2.25. The quantitative estimate of drug-likeness (QED) is 0.445. The summed E-state index contributed by atoms with van der Waals surface area (Å²) < 4.78 is 0. The van der Waals surface area contributed by atoms with E-state index in [9.17, 15) is 14.7 Å². The van der Waals surface area contributed by atoms with Gasteiger partial charge in [-0.1, -0.05) is 29.8 Å². The zero-order chi connectivity index (χ0) is 22.2. The van der Waals surface area contributed by atoms with Gasteiger partial charge in [-0.15, -0.1) is 0 Å². The lowest BCUT2D eigenvalue weighted by molar-refractivity contribution is -0.114. The molecule has 2 amide bonds. The van der Waals surface area contributed by atoms with Gasteiger partial charge in [-0.05, 0) is 73.9 Å². The number of hydrogen-bond donors (Lipinski definition) is 4. The monoisotopic (exact) mass is 417 g/mol. The number of phenols is 1. The van der Waals surface area contributed by atoms with Crippen LogP contribution in [-0.2, 0) is 11.2 Å². The lowest BCUT2D eigenvalue weighted by Gasteiger charge is -2.11. The number of amides is 2. The molecule has 0 spiro atoms. The summed E-state index contributed by atoms with van der Waals surface area (Å²) >= 11 is 0. The second-order valence-corrected chi connectivity index (χ2v) is 7.47. The van der Waals surface area contributed by atoms with Crippen molar-refractivity contribution in [3.05, 3.63) is 89.0 Å². The summed E-state index contributed by atoms with van der Waals surface area (Å²) in [7, 11) is 0. The minimum absolute atomic E-state index is 0.156. The van der Waals surface area contributed by atoms with Crippen LogP contribution in [0.1, 0.15) is 27.0 Å². The number of carbonyl (C=O) groups excluding carboxylic acids is 2. The molecule has 6 heteroatoms. The third-order valence-electron chi connectivity index (χ3n) is 4.89. The number of nitrogens with one attached hydrogen (secondary N) is 3. The van der Waals surface area contributed by atoms with Crippen LogP contribution in [0, 0.1) is 13.8 Å². The van der Waals surface area contributed by atoms with Crippen molar-refractivity contribution < 1.29 is 14.7 Å². The number of aromatic hydroxyl groups is 1. The molecule has 0 aromatic heterocycles. The number of benzene rings is 3. The summed E-state index contributed by atoms with van der Waals surface area (Å²) in [5, 5.41) is 18.1. The number of anilines is 2. The molecular weight excluding hydrogens is 390 g/mol. The molecule has 0 atom stereocenters. The van der Waals surface area contributed by atoms with Crippen LogP contribution in [-0.4, -0.2) is 30.0 Å². The molecule has 3 aromatic carbocycles. The summed E-state index contributed by atoms with van der Waals surface area (Å²) in [6, 6.07) is 19.7. The van der Waals surface area contributed by atoms with E-state index in [4.69, 9.17) is 0 Å². The second-order valence-electron chi connectivity index (χ2n) is 7.47. The minimum atomic E-state index is -0.173. The van der Waals surface area contributed by atoms with Gasteiger partial charge in [0.1, 0.15) is 5.75 Å². The summed E-state index contributed by atoms with van der Waals surface area (Å²) in [4.78, 5) is 24.5. The van der Waals surface area contributed by atoms with Crippen molar-refractivity contribution in [2.75, 3.05) is 23.7 Å². The largest absolute Gasteiger partial charge is 0.508 e. The molecule has 3 rings (SSSR count). The first-order valence-electron chi connectivity index (χ1n) is 10.2. The van der Waals surface area contributed by atoms with E-state index >= 15 is 0 Å². The molecule has 6 nitrogen and oxygen atoms in total. The Kier molecular flexibility index (Phi) is 7.27. The first-order valence-corrected chi connectivity index (χ1v) is 10.2. The van der Waals surface area contributed by atoms with Crippen LogP contribution in [0.5, 0.6) is 5.75 Å². The van der Waals surface area contributed by atoms with E-state index in [2.05, 4.69) is 22.0 Å². The molecule has 0 unspecified atom stereocenters. The Morgan fingerprint density at radius 2 is 1.61 bits per heavy atom. The van der Waals surface area contributed by atoms with Crippen LogP contribution in [0.3, 0.4) is 0 Å². The number of aryl methyl sites for hydroxylation is 2. The topological polar surface area (TPSA) is 90.5 Å². The first kappa shape index (κ1) is 21.9. The van der Waals surface area contributed by atoms with Crippen molar-refractivity contribution in [2.45, 2.75) is 20.3 Å². The predicted octanol–water partition coefficient (Wildman–Crippen LogP) is 4.03. The fourth-order valence-electron chi connectivity index (χ4n) is 3.18. The number of hydrogen-bond acceptors (Lipinski definition) is 4. The van der Waals surface area contributed by atoms with Gasteiger partial charge in [0.25, 0.3) is 5.91 Å². The highest BCUT2D eigenvalue weighted by Crippen LogP contribution is 2.16. The first-order chi connectivity index (χ1) is 14.9. The van der Waals surface area contributed by atoms with E-state index < -0.39 is 0 Å². The molecule has 3 aromatic rings. The number of rotatable bonds is 8. The maximum absolute atomic E-state index is 12.3. The smallest absolute Gasteiger partial charge is 0.251 e. The molecule has 0 fully saturated rings. The Morgan fingerprint density at radius 3 is 2.29 bits per heavy atom. The minimum Gasteiger partial charge on any atom is -0.508 e. The van der Waals surface area contributed by atoms with Gasteiger partial charge in [0.2, 0.25) is 5.91 Å². The van der Waals surface area contributed by atoms with Gasteiger partial charge in [-0.25, -0.2) is 0 Å². The second kappa shape index (κ2) is 10.3. The van der Waals surface area contributed by atoms with Crippen LogP contribution < -0.4 is 16.0 Å². The normalized spacial score (nSPS) is 10.4. The van der Waals surface area contributed by atoms with Crippen molar-refractivity contribution in [3.63, 3.8) is 0 Å². The van der Waals surface area contributed by atoms with E-state index in [0.29, 0.717) is 24.2 Å². The highest BCUT2D eigenvalue weighted by Gasteiger charge is 2.07. The zero-order valence-electron chi connectivity index (χ0n) is 17.7. The predicted molar refractivity (Wildman–Crippen MR) is 124 cm³/mol. The average molecular weight is 418 g/mol. The van der Waals surface area contributed by atoms with Gasteiger partial charge in [0.15, 0.2) is 0 Å². The van der Waals surface area contributed by atoms with E-state index in [1.807, 2.05) is 38.1 Å². The number of carbonyl (C=O) groups is 2. The fourth-order valence-corrected chi connectivity index (χ4v) is 3.18. The Bertz CT molecular complexity index is 1040. The zero-order valence-corrected chi connectivity index (χ0v) is 17.7. The van der Waals surface area contributed by atoms with Crippen molar-refractivity contribution in [2.24, 2.45) is 0 Å². The van der Waals surface area contributed by atoms with Crippen LogP contribution in [0.2, 0.25) is 0 Å². The molecule has 4 N–H and O–H groups in total. The Hall–Kier alpha value is -3.80. The SMILES string of the molecule is Cc1ccc(NCC(=O)Nc2ccc(C(=O)NCCc3ccc(O)cc3)cc2)c(C)c1. The van der Waals surface area contributed by atoms with Crippen molar-refractivity contribution in [3.8, 4) is 5.75 Å². The molecule has 0 aliphatic rings. The van der Waals surface area contributed by atoms with Crippen molar-refractivity contribution in [1.82, 2.24) is 5.32 Å². The van der Waals surface area contributed by atoms with Crippen LogP contribution in [0.25, 0.3) is 0 Å². The Labute approximate surface area is 182 Å². The van der Waals surface area contributed by atoms with Gasteiger partial charge >= 0.3 is 0 Å². The third kappa shape index (κ3) is 6.60. The van der Waals surface area contributed by atoms with E-state index in [0.717, 1.165) is 16.8 Å². The highest BCUT2D eigenvalue weighted by atomic mass is 16.3. The molecular formula is C25H27N3O3. The standard InChI is InChI=1S/C25H27N3O3/c1-17-3-12-23(18(2)15-17)27-16-24(30)28-21-8-6-20(7-9-21)25(31)26-14-13-19-4-10-22(29)11-5-19/h3-12,15,27,29H,13-14,16H2,1-2H3,(H,26,31)(H,28,30). The van der Waals surface area contributed by atoms with Crippen LogP contribution in [0.15, 0.2) is 66.7 Å². The summed E-state index contributed by atoms with van der Waals surface area (Å²) in [6.45, 7) is 4.68. The van der Waals surface area contributed by atoms with Gasteiger partial charge in [0.05, 0.1) is 6.54 Å². The van der Waals surface area contributed by atoms with Gasteiger partial charge in [-0.3, -0.25) is 9.59 Å². The molecule has 0 heterocycles. The molecule has 0 bridgehead atoms. The molecule has 0 saturated heterocycles. The van der Waals surface area contributed by atoms with Crippen LogP contribution in [0.4, 0.5) is 11.4 Å². The molecule has 31 heavy (non-hydrogen) atoms. The third-order valence-corrected chi connectivity index (χ3v) is 4.89. The highest BCUT2D eigenvalue weighted by molar-refractivity contribution is 5.96. The summed E-state index contributed by atoms with van der Waals surface area (Å²) in [5.41, 5.74) is 5.39. The lowest BCUT2D eigenvalue weighted by atomic mass is 10.1. The molecule has 0 saturated carbocycles. The summed E-state index contributed by atoms with van der Waals surface area (Å²) in [6.07, 6.45) is 0.674. The molecule has 0 radical (unpaired) electrons. The van der Waals surface area contributed by atoms with Gasteiger partial charge < -0.3 is 21.1 Å². The Morgan fingerprint density at radius 1 is 0.903 bits per heavy atom. The van der Waals surface area contributed by atoms with Crippen molar-refractivity contribution in [1.29, 1.82) is 0 Å². The number of phenolic OH excluding ortho intramolecular Hbond substituents is 1. The maximum Gasteiger partial charge on any atom is 0.251 e. The maximum atomic E-state index is 12.3. The van der Waals surface area contributed by atoms with E-state index in [1.165, 1.54) is 5.56 Å². The molecule has 160 valence electrons. The Balaban J connectivity index is 1.44. The molecule has 0 aliphatic carbocycles. The van der Waals surface area contributed by atoms with E-state index in [-0.39, 0.29) is 24.1 Å². The van der Waals surface area contributed by atoms with Gasteiger partial charge in [-0.2, -0.15) is 0 Å². The fraction of sp³-hybridized carbons (Fsp3) is 0.200. The van der Waals surface area contributed by atoms with Crippen LogP contribution >= 0.6 is 0 Å². The molecule has 0 aliphatic heterocycles. The van der Waals surface area contributed by atoms with Gasteiger partial charge in [0, 0.05) is 23.5 Å². The van der Waals surface area contributed by atoms with E-state index in [1.54, 1.807) is 36.4 Å². The van der Waals surface area contributed by atoms with Crippen molar-refractivity contribution >= 4 is 23.2 Å².